The Hall–Kier alpha value is 0.430. The molecule has 0 aromatic carbocycles. The average Bonchev–Trinajstić information content (AvgIpc) is 2.67. The van der Waals surface area contributed by atoms with Gasteiger partial charge in [-0.05, 0) is 78.3 Å². The van der Waals surface area contributed by atoms with E-state index < -0.39 is 0 Å². The summed E-state index contributed by atoms with van der Waals surface area (Å²) in [5.41, 5.74) is 0.155. The van der Waals surface area contributed by atoms with E-state index in [1.807, 2.05) is 6.07 Å². The van der Waals surface area contributed by atoms with Crippen molar-refractivity contribution >= 4 is 38.9 Å². The summed E-state index contributed by atoms with van der Waals surface area (Å²) in [6.07, 6.45) is 7.63. The molecular weight excluding hydrogens is 344 g/mol. The largest absolute Gasteiger partial charge is 0.387 e. The predicted molar refractivity (Wildman–Crippen MR) is 82.6 cm³/mol. The van der Waals surface area contributed by atoms with Gasteiger partial charge in [0.25, 0.3) is 0 Å². The Kier molecular flexibility index (Phi) is 3.08. The first-order valence-electron chi connectivity index (χ1n) is 7.18. The first-order valence-corrected chi connectivity index (χ1v) is 9.17. The van der Waals surface area contributed by atoms with Gasteiger partial charge in [-0.3, -0.25) is 0 Å². The van der Waals surface area contributed by atoms with Gasteiger partial charge >= 0.3 is 0 Å². The van der Waals surface area contributed by atoms with E-state index in [9.17, 15) is 5.11 Å². The Morgan fingerprint density at radius 1 is 1.21 bits per heavy atom. The smallest absolute Gasteiger partial charge is 0.0939 e. The van der Waals surface area contributed by atoms with Crippen LogP contribution in [0.5, 0.6) is 0 Å². The highest BCUT2D eigenvalue weighted by Crippen LogP contribution is 2.64. The van der Waals surface area contributed by atoms with Crippen LogP contribution in [0.15, 0.2) is 9.85 Å². The molecule has 1 atom stereocenters. The average molecular weight is 362 g/mol. The van der Waals surface area contributed by atoms with E-state index >= 15 is 0 Å². The number of aliphatic hydroxyl groups excluding tert-OH is 1. The molecule has 0 radical (unpaired) electrons. The van der Waals surface area contributed by atoms with E-state index in [2.05, 4.69) is 15.9 Å². The monoisotopic (exact) mass is 360 g/mol. The number of hydrogen-bond donors (Lipinski definition) is 1. The lowest BCUT2D eigenvalue weighted by molar-refractivity contribution is -0.121. The highest BCUT2D eigenvalue weighted by molar-refractivity contribution is 9.11. The molecule has 1 N–H and O–H groups in total. The Labute approximate surface area is 131 Å². The standard InChI is InChI=1S/C15H18BrClOS/c16-14-11(17)4-12(19-14)13(18)15-5-8-1-9(6-15)3-10(2-8)7-15/h4,8-10,13,18H,1-3,5-7H2. The molecule has 19 heavy (non-hydrogen) atoms. The van der Waals surface area contributed by atoms with Crippen molar-refractivity contribution in [2.45, 2.75) is 44.6 Å². The summed E-state index contributed by atoms with van der Waals surface area (Å²) < 4.78 is 0.952. The minimum absolute atomic E-state index is 0.155. The molecule has 1 nitrogen and oxygen atoms in total. The van der Waals surface area contributed by atoms with Gasteiger partial charge in [0.05, 0.1) is 14.9 Å². The molecule has 0 aliphatic heterocycles. The van der Waals surface area contributed by atoms with Gasteiger partial charge in [0, 0.05) is 10.3 Å². The molecule has 0 saturated heterocycles. The van der Waals surface area contributed by atoms with Gasteiger partial charge in [-0.15, -0.1) is 11.3 Å². The van der Waals surface area contributed by atoms with Crippen molar-refractivity contribution in [3.8, 4) is 0 Å². The van der Waals surface area contributed by atoms with Gasteiger partial charge in [0.15, 0.2) is 0 Å². The molecule has 1 aromatic heterocycles. The molecule has 4 aliphatic rings. The van der Waals surface area contributed by atoms with E-state index in [0.29, 0.717) is 0 Å². The Morgan fingerprint density at radius 2 is 1.74 bits per heavy atom. The fraction of sp³-hybridized carbons (Fsp3) is 0.733. The van der Waals surface area contributed by atoms with Crippen molar-refractivity contribution in [1.29, 1.82) is 0 Å². The molecule has 4 heteroatoms. The summed E-state index contributed by atoms with van der Waals surface area (Å²) in [5.74, 6) is 2.62. The fourth-order valence-corrected chi connectivity index (χ4v) is 7.19. The van der Waals surface area contributed by atoms with Crippen LogP contribution in [0.1, 0.15) is 49.5 Å². The second-order valence-electron chi connectivity index (χ2n) is 6.95. The lowest BCUT2D eigenvalue weighted by Gasteiger charge is -2.58. The first kappa shape index (κ1) is 13.1. The molecular formula is C15H18BrClOS. The van der Waals surface area contributed by atoms with Crippen LogP contribution in [-0.4, -0.2) is 5.11 Å². The lowest BCUT2D eigenvalue weighted by atomic mass is 9.48. The fourth-order valence-electron chi connectivity index (χ4n) is 5.31. The minimum Gasteiger partial charge on any atom is -0.387 e. The van der Waals surface area contributed by atoms with Crippen molar-refractivity contribution in [3.63, 3.8) is 0 Å². The minimum atomic E-state index is -0.310. The topological polar surface area (TPSA) is 20.2 Å². The van der Waals surface area contributed by atoms with E-state index in [0.717, 1.165) is 31.4 Å². The summed E-state index contributed by atoms with van der Waals surface area (Å²) in [7, 11) is 0. The van der Waals surface area contributed by atoms with Crippen molar-refractivity contribution in [2.24, 2.45) is 23.2 Å². The Morgan fingerprint density at radius 3 is 2.16 bits per heavy atom. The summed E-state index contributed by atoms with van der Waals surface area (Å²) in [6.45, 7) is 0. The molecule has 0 amide bonds. The van der Waals surface area contributed by atoms with Crippen LogP contribution in [0.3, 0.4) is 0 Å². The number of aliphatic hydroxyl groups is 1. The van der Waals surface area contributed by atoms with Crippen LogP contribution in [0.2, 0.25) is 5.02 Å². The highest BCUT2D eigenvalue weighted by Gasteiger charge is 2.54. The van der Waals surface area contributed by atoms with Crippen LogP contribution in [0.4, 0.5) is 0 Å². The van der Waals surface area contributed by atoms with Crippen molar-refractivity contribution < 1.29 is 5.11 Å². The second kappa shape index (κ2) is 4.46. The number of rotatable bonds is 2. The Bertz CT molecular complexity index is 457. The second-order valence-corrected chi connectivity index (χ2v) is 9.76. The molecule has 4 bridgehead atoms. The van der Waals surface area contributed by atoms with Gasteiger partial charge in [-0.25, -0.2) is 0 Å². The van der Waals surface area contributed by atoms with Crippen molar-refractivity contribution in [1.82, 2.24) is 0 Å². The number of hydrogen-bond acceptors (Lipinski definition) is 2. The van der Waals surface area contributed by atoms with Crippen LogP contribution in [0.25, 0.3) is 0 Å². The molecule has 4 fully saturated rings. The summed E-state index contributed by atoms with van der Waals surface area (Å²) in [6, 6.07) is 1.96. The normalized spacial score (nSPS) is 41.7. The molecule has 1 heterocycles. The van der Waals surface area contributed by atoms with Gasteiger partial charge < -0.3 is 5.11 Å². The van der Waals surface area contributed by atoms with Crippen LogP contribution in [0, 0.1) is 23.2 Å². The zero-order valence-electron chi connectivity index (χ0n) is 10.7. The number of thiophene rings is 1. The molecule has 4 saturated carbocycles. The van der Waals surface area contributed by atoms with Crippen molar-refractivity contribution in [3.05, 3.63) is 19.8 Å². The van der Waals surface area contributed by atoms with Crippen LogP contribution in [-0.2, 0) is 0 Å². The highest BCUT2D eigenvalue weighted by atomic mass is 79.9. The molecule has 1 aromatic rings. The maximum atomic E-state index is 11.0. The van der Waals surface area contributed by atoms with E-state index in [4.69, 9.17) is 11.6 Å². The van der Waals surface area contributed by atoms with Crippen LogP contribution < -0.4 is 0 Å². The molecule has 1 unspecified atom stereocenters. The lowest BCUT2D eigenvalue weighted by Crippen LogP contribution is -2.48. The summed E-state index contributed by atoms with van der Waals surface area (Å²) in [4.78, 5) is 1.05. The van der Waals surface area contributed by atoms with Gasteiger partial charge in [-0.2, -0.15) is 0 Å². The number of halogens is 2. The predicted octanol–water partition coefficient (Wildman–Crippen LogP) is 5.41. The van der Waals surface area contributed by atoms with Gasteiger partial charge in [-0.1, -0.05) is 11.6 Å². The quantitative estimate of drug-likeness (QED) is 0.746. The summed E-state index contributed by atoms with van der Waals surface area (Å²) >= 11 is 11.2. The third-order valence-electron chi connectivity index (χ3n) is 5.60. The maximum Gasteiger partial charge on any atom is 0.0939 e. The van der Waals surface area contributed by atoms with E-state index in [1.54, 1.807) is 11.3 Å². The van der Waals surface area contributed by atoms with Gasteiger partial charge in [0.2, 0.25) is 0 Å². The molecule has 104 valence electrons. The maximum absolute atomic E-state index is 11.0. The van der Waals surface area contributed by atoms with E-state index in [-0.39, 0.29) is 11.5 Å². The SMILES string of the molecule is OC(c1cc(Cl)c(Br)s1)C12CC3CC(CC(C3)C1)C2. The zero-order chi connectivity index (χ0) is 13.2. The van der Waals surface area contributed by atoms with Gasteiger partial charge in [0.1, 0.15) is 0 Å². The van der Waals surface area contributed by atoms with Crippen molar-refractivity contribution in [2.75, 3.05) is 0 Å². The zero-order valence-corrected chi connectivity index (χ0v) is 13.9. The van der Waals surface area contributed by atoms with E-state index in [1.165, 1.54) is 38.5 Å². The summed E-state index contributed by atoms with van der Waals surface area (Å²) in [5, 5.41) is 11.7. The van der Waals surface area contributed by atoms with Crippen LogP contribution >= 0.6 is 38.9 Å². The third-order valence-corrected chi connectivity index (χ3v) is 8.13. The Balaban J connectivity index is 1.67. The molecule has 4 aliphatic carbocycles. The first-order chi connectivity index (χ1) is 9.06. The third kappa shape index (κ3) is 2.04. The molecule has 5 rings (SSSR count). The molecule has 0 spiro atoms.